The highest BCUT2D eigenvalue weighted by atomic mass is 35.5. The second-order valence-electron chi connectivity index (χ2n) is 6.83. The Hall–Kier alpha value is -2.13. The van der Waals surface area contributed by atoms with Gasteiger partial charge in [0.05, 0.1) is 29.5 Å². The molecule has 0 spiro atoms. The molecule has 0 aromatic heterocycles. The summed E-state index contributed by atoms with van der Waals surface area (Å²) in [7, 11) is -3.65. The van der Waals surface area contributed by atoms with Crippen molar-refractivity contribution in [1.29, 1.82) is 0 Å². The SMILES string of the molecule is CCN(CC)S(=O)(=O)c1cccc(C(=O)Nc2cc(Cl)ccc2N2CCOCC2)c1. The Labute approximate surface area is 182 Å². The van der Waals surface area contributed by atoms with Gasteiger partial charge in [0.2, 0.25) is 10.0 Å². The molecule has 30 heavy (non-hydrogen) atoms. The van der Waals surface area contributed by atoms with Crippen LogP contribution in [0.4, 0.5) is 11.4 Å². The van der Waals surface area contributed by atoms with Crippen LogP contribution in [0.3, 0.4) is 0 Å². The molecule has 1 amide bonds. The summed E-state index contributed by atoms with van der Waals surface area (Å²) < 4.78 is 32.3. The van der Waals surface area contributed by atoms with Crippen molar-refractivity contribution in [2.45, 2.75) is 18.7 Å². The molecule has 1 heterocycles. The van der Waals surface area contributed by atoms with E-state index in [0.717, 1.165) is 5.69 Å². The fraction of sp³-hybridized carbons (Fsp3) is 0.381. The second kappa shape index (κ2) is 9.78. The molecule has 2 aromatic carbocycles. The van der Waals surface area contributed by atoms with Crippen molar-refractivity contribution in [1.82, 2.24) is 4.31 Å². The van der Waals surface area contributed by atoms with Crippen LogP contribution < -0.4 is 10.2 Å². The quantitative estimate of drug-likeness (QED) is 0.697. The lowest BCUT2D eigenvalue weighted by Crippen LogP contribution is -2.36. The number of nitrogens with one attached hydrogen (secondary N) is 1. The fourth-order valence-electron chi connectivity index (χ4n) is 3.39. The Kier molecular flexibility index (Phi) is 7.36. The van der Waals surface area contributed by atoms with Gasteiger partial charge in [-0.2, -0.15) is 4.31 Å². The topological polar surface area (TPSA) is 79.0 Å². The van der Waals surface area contributed by atoms with Gasteiger partial charge in [0, 0.05) is 36.8 Å². The van der Waals surface area contributed by atoms with Crippen LogP contribution in [0.1, 0.15) is 24.2 Å². The summed E-state index contributed by atoms with van der Waals surface area (Å²) in [6.45, 7) is 6.93. The molecule has 9 heteroatoms. The second-order valence-corrected chi connectivity index (χ2v) is 9.21. The molecule has 1 N–H and O–H groups in total. The van der Waals surface area contributed by atoms with Gasteiger partial charge in [-0.05, 0) is 36.4 Å². The zero-order valence-corrected chi connectivity index (χ0v) is 18.7. The number of sulfonamides is 1. The fourth-order valence-corrected chi connectivity index (χ4v) is 5.07. The van der Waals surface area contributed by atoms with Crippen LogP contribution in [-0.2, 0) is 14.8 Å². The summed E-state index contributed by atoms with van der Waals surface area (Å²) in [4.78, 5) is 15.2. The molecule has 7 nitrogen and oxygen atoms in total. The number of amides is 1. The van der Waals surface area contributed by atoms with E-state index in [1.165, 1.54) is 16.4 Å². The molecule has 1 aliphatic heterocycles. The standard InChI is InChI=1S/C21H26ClN3O4S/c1-3-25(4-2)30(27,28)18-7-5-6-16(14-18)21(26)23-19-15-17(22)8-9-20(19)24-10-12-29-13-11-24/h5-9,14-15H,3-4,10-13H2,1-2H3,(H,23,26). The summed E-state index contributed by atoms with van der Waals surface area (Å²) in [6.07, 6.45) is 0. The number of nitrogens with zero attached hydrogens (tertiary/aromatic N) is 2. The highest BCUT2D eigenvalue weighted by molar-refractivity contribution is 7.89. The summed E-state index contributed by atoms with van der Waals surface area (Å²) in [5, 5.41) is 3.39. The van der Waals surface area contributed by atoms with Gasteiger partial charge in [0.15, 0.2) is 0 Å². The number of anilines is 2. The highest BCUT2D eigenvalue weighted by Crippen LogP contribution is 2.30. The Bertz CT molecular complexity index is 1000. The van der Waals surface area contributed by atoms with Gasteiger partial charge in [0.1, 0.15) is 0 Å². The van der Waals surface area contributed by atoms with Crippen molar-refractivity contribution in [3.63, 3.8) is 0 Å². The minimum Gasteiger partial charge on any atom is -0.378 e. The van der Waals surface area contributed by atoms with Crippen LogP contribution in [0.15, 0.2) is 47.4 Å². The van der Waals surface area contributed by atoms with Gasteiger partial charge >= 0.3 is 0 Å². The highest BCUT2D eigenvalue weighted by Gasteiger charge is 2.23. The van der Waals surface area contributed by atoms with Gasteiger partial charge in [-0.1, -0.05) is 31.5 Å². The molecular weight excluding hydrogens is 426 g/mol. The number of carbonyl (C=O) groups is 1. The van der Waals surface area contributed by atoms with Gasteiger partial charge in [-0.3, -0.25) is 4.79 Å². The molecule has 0 aliphatic carbocycles. The van der Waals surface area contributed by atoms with Crippen LogP contribution in [-0.4, -0.2) is 58.0 Å². The van der Waals surface area contributed by atoms with Crippen LogP contribution in [0.2, 0.25) is 5.02 Å². The van der Waals surface area contributed by atoms with Crippen molar-refractivity contribution in [2.24, 2.45) is 0 Å². The third-order valence-electron chi connectivity index (χ3n) is 5.00. The van der Waals surface area contributed by atoms with Crippen molar-refractivity contribution in [3.05, 3.63) is 53.1 Å². The number of hydrogen-bond donors (Lipinski definition) is 1. The van der Waals surface area contributed by atoms with Crippen LogP contribution in [0, 0.1) is 0 Å². The molecule has 0 unspecified atom stereocenters. The molecule has 1 aliphatic rings. The van der Waals surface area contributed by atoms with Crippen molar-refractivity contribution >= 4 is 38.9 Å². The lowest BCUT2D eigenvalue weighted by atomic mass is 10.2. The van der Waals surface area contributed by atoms with Gasteiger partial charge < -0.3 is 15.0 Å². The first-order valence-electron chi connectivity index (χ1n) is 9.90. The molecule has 1 fully saturated rings. The van der Waals surface area contributed by atoms with E-state index >= 15 is 0 Å². The maximum Gasteiger partial charge on any atom is 0.255 e. The Morgan fingerprint density at radius 2 is 1.83 bits per heavy atom. The van der Waals surface area contributed by atoms with Crippen LogP contribution in [0.25, 0.3) is 0 Å². The average molecular weight is 452 g/mol. The molecule has 0 saturated carbocycles. The largest absolute Gasteiger partial charge is 0.378 e. The number of rotatable bonds is 7. The minimum absolute atomic E-state index is 0.0957. The molecular formula is C21H26ClN3O4S. The molecule has 3 rings (SSSR count). The number of halogens is 1. The zero-order valence-electron chi connectivity index (χ0n) is 17.1. The van der Waals surface area contributed by atoms with E-state index in [2.05, 4.69) is 10.2 Å². The van der Waals surface area contributed by atoms with E-state index in [4.69, 9.17) is 16.3 Å². The normalized spacial score (nSPS) is 14.7. The van der Waals surface area contributed by atoms with E-state index in [-0.39, 0.29) is 10.5 Å². The predicted octanol–water partition coefficient (Wildman–Crippen LogP) is 3.46. The lowest BCUT2D eigenvalue weighted by molar-refractivity contribution is 0.102. The number of morpholine rings is 1. The van der Waals surface area contributed by atoms with Crippen molar-refractivity contribution in [2.75, 3.05) is 49.6 Å². The van der Waals surface area contributed by atoms with Gasteiger partial charge in [0.25, 0.3) is 5.91 Å². The van der Waals surface area contributed by atoms with E-state index in [1.807, 2.05) is 6.07 Å². The van der Waals surface area contributed by atoms with E-state index in [9.17, 15) is 13.2 Å². The number of benzene rings is 2. The Morgan fingerprint density at radius 1 is 1.13 bits per heavy atom. The zero-order chi connectivity index (χ0) is 21.7. The van der Waals surface area contributed by atoms with E-state index in [1.54, 1.807) is 38.1 Å². The molecule has 0 radical (unpaired) electrons. The Morgan fingerprint density at radius 3 is 2.50 bits per heavy atom. The number of ether oxygens (including phenoxy) is 1. The molecule has 162 valence electrons. The molecule has 0 atom stereocenters. The minimum atomic E-state index is -3.65. The third kappa shape index (κ3) is 4.95. The molecule has 1 saturated heterocycles. The third-order valence-corrected chi connectivity index (χ3v) is 7.28. The molecule has 0 bridgehead atoms. The van der Waals surface area contributed by atoms with Crippen molar-refractivity contribution < 1.29 is 17.9 Å². The van der Waals surface area contributed by atoms with E-state index < -0.39 is 15.9 Å². The first-order valence-corrected chi connectivity index (χ1v) is 11.7. The summed E-state index contributed by atoms with van der Waals surface area (Å²) in [5.41, 5.74) is 1.69. The number of hydrogen-bond acceptors (Lipinski definition) is 5. The molecule has 2 aromatic rings. The van der Waals surface area contributed by atoms with Crippen molar-refractivity contribution in [3.8, 4) is 0 Å². The van der Waals surface area contributed by atoms with Crippen LogP contribution in [0.5, 0.6) is 0 Å². The summed E-state index contributed by atoms with van der Waals surface area (Å²) in [5.74, 6) is -0.400. The monoisotopic (exact) mass is 451 g/mol. The maximum absolute atomic E-state index is 12.9. The summed E-state index contributed by atoms with van der Waals surface area (Å²) in [6, 6.07) is 11.4. The van der Waals surface area contributed by atoms with Gasteiger partial charge in [-0.15, -0.1) is 0 Å². The lowest BCUT2D eigenvalue weighted by Gasteiger charge is -2.30. The average Bonchev–Trinajstić information content (AvgIpc) is 2.75. The maximum atomic E-state index is 12.9. The first kappa shape index (κ1) is 22.6. The van der Waals surface area contributed by atoms with Crippen LogP contribution >= 0.6 is 11.6 Å². The smallest absolute Gasteiger partial charge is 0.255 e. The predicted molar refractivity (Wildman–Crippen MR) is 119 cm³/mol. The van der Waals surface area contributed by atoms with E-state index in [0.29, 0.717) is 50.1 Å². The van der Waals surface area contributed by atoms with Gasteiger partial charge in [-0.25, -0.2) is 8.42 Å². The first-order chi connectivity index (χ1) is 14.4. The summed E-state index contributed by atoms with van der Waals surface area (Å²) >= 11 is 6.16. The number of carbonyl (C=O) groups excluding carboxylic acids is 1. The Balaban J connectivity index is 1.88.